The lowest BCUT2D eigenvalue weighted by atomic mass is 9.99. The summed E-state index contributed by atoms with van der Waals surface area (Å²) in [6.07, 6.45) is 0.710. The molecule has 3 aromatic carbocycles. The van der Waals surface area contributed by atoms with Crippen LogP contribution in [0.2, 0.25) is 0 Å². The highest BCUT2D eigenvalue weighted by Crippen LogP contribution is 2.37. The first-order valence-corrected chi connectivity index (χ1v) is 11.4. The van der Waals surface area contributed by atoms with Crippen LogP contribution >= 0.6 is 31.9 Å². The number of carbonyl (C=O) groups excluding carboxylic acids is 2. The first-order valence-electron chi connectivity index (χ1n) is 9.82. The molecule has 0 spiro atoms. The van der Waals surface area contributed by atoms with E-state index in [0.717, 1.165) is 25.8 Å². The van der Waals surface area contributed by atoms with Gasteiger partial charge in [0.1, 0.15) is 6.67 Å². The minimum absolute atomic E-state index is 0.0331. The Hall–Kier alpha value is -2.77. The summed E-state index contributed by atoms with van der Waals surface area (Å²) in [4.78, 5) is 26.8. The summed E-state index contributed by atoms with van der Waals surface area (Å²) >= 11 is 6.98. The average molecular weight is 539 g/mol. The Morgan fingerprint density at radius 3 is 2.45 bits per heavy atom. The molecule has 0 aromatic heterocycles. The van der Waals surface area contributed by atoms with Gasteiger partial charge in [-0.3, -0.25) is 19.5 Å². The lowest BCUT2D eigenvalue weighted by Gasteiger charge is -2.28. The third kappa shape index (κ3) is 3.72. The molecule has 7 heteroatoms. The summed E-state index contributed by atoms with van der Waals surface area (Å²) in [6, 6.07) is 23.4. The van der Waals surface area contributed by atoms with Crippen LogP contribution in [0.4, 0.5) is 5.69 Å². The van der Waals surface area contributed by atoms with E-state index in [1.807, 2.05) is 53.5 Å². The van der Waals surface area contributed by atoms with Gasteiger partial charge in [0, 0.05) is 15.4 Å². The van der Waals surface area contributed by atoms with Crippen molar-refractivity contribution in [1.29, 1.82) is 0 Å². The van der Waals surface area contributed by atoms with E-state index in [0.29, 0.717) is 17.7 Å². The number of fused-ring (bicyclic) bond motifs is 1. The van der Waals surface area contributed by atoms with Gasteiger partial charge in [-0.1, -0.05) is 74.3 Å². The van der Waals surface area contributed by atoms with Crippen molar-refractivity contribution in [3.8, 4) is 0 Å². The Morgan fingerprint density at radius 2 is 1.68 bits per heavy atom. The summed E-state index contributed by atoms with van der Waals surface area (Å²) in [6.45, 7) is 0.199. The van der Waals surface area contributed by atoms with Crippen molar-refractivity contribution in [1.82, 2.24) is 5.01 Å². The maximum atomic E-state index is 12.8. The standard InChI is InChI=1S/C24H17Br2N3O2/c25-17-8-4-7-16(11-17)20-13-21(15-5-2-1-3-6-15)29(27-20)14-28-22-12-18(26)9-10-19(22)23(30)24(28)31/h1-12,21H,13-14H2. The van der Waals surface area contributed by atoms with E-state index >= 15 is 0 Å². The molecule has 1 unspecified atom stereocenters. The molecule has 2 heterocycles. The zero-order chi connectivity index (χ0) is 21.5. The van der Waals surface area contributed by atoms with Gasteiger partial charge in [-0.15, -0.1) is 0 Å². The van der Waals surface area contributed by atoms with Crippen LogP contribution in [-0.4, -0.2) is 29.1 Å². The molecule has 154 valence electrons. The van der Waals surface area contributed by atoms with Crippen LogP contribution in [0.1, 0.15) is 33.9 Å². The SMILES string of the molecule is O=C1C(=O)N(CN2N=C(c3cccc(Br)c3)CC2c2ccccc2)c2cc(Br)ccc21. The smallest absolute Gasteiger partial charge is 0.285 e. The van der Waals surface area contributed by atoms with Gasteiger partial charge < -0.3 is 0 Å². The number of ketones is 1. The Bertz CT molecular complexity index is 1230. The zero-order valence-electron chi connectivity index (χ0n) is 16.3. The number of rotatable bonds is 4. The highest BCUT2D eigenvalue weighted by atomic mass is 79.9. The summed E-state index contributed by atoms with van der Waals surface area (Å²) < 4.78 is 1.81. The third-order valence-electron chi connectivity index (χ3n) is 5.56. The molecular weight excluding hydrogens is 522 g/mol. The van der Waals surface area contributed by atoms with Crippen LogP contribution in [0, 0.1) is 0 Å². The van der Waals surface area contributed by atoms with Gasteiger partial charge in [0.15, 0.2) is 0 Å². The molecule has 5 rings (SSSR count). The predicted octanol–water partition coefficient (Wildman–Crippen LogP) is 5.55. The van der Waals surface area contributed by atoms with Crippen LogP contribution in [-0.2, 0) is 4.79 Å². The third-order valence-corrected chi connectivity index (χ3v) is 6.55. The lowest BCUT2D eigenvalue weighted by Crippen LogP contribution is -2.39. The molecule has 2 aliphatic heterocycles. The highest BCUT2D eigenvalue weighted by Gasteiger charge is 2.39. The summed E-state index contributed by atoms with van der Waals surface area (Å²) in [5.74, 6) is -1.000. The van der Waals surface area contributed by atoms with Gasteiger partial charge in [-0.05, 0) is 41.5 Å². The number of hydrogen-bond donors (Lipinski definition) is 0. The maximum absolute atomic E-state index is 12.8. The molecule has 0 radical (unpaired) electrons. The van der Waals surface area contributed by atoms with E-state index < -0.39 is 11.7 Å². The Labute approximate surface area is 196 Å². The Morgan fingerprint density at radius 1 is 0.903 bits per heavy atom. The minimum Gasteiger partial charge on any atom is -0.285 e. The Kier molecular flexibility index (Phi) is 5.24. The number of Topliss-reactive ketones (excluding diaryl/α,β-unsaturated/α-hetero) is 1. The lowest BCUT2D eigenvalue weighted by molar-refractivity contribution is -0.114. The van der Waals surface area contributed by atoms with E-state index in [1.54, 1.807) is 12.1 Å². The molecule has 3 aromatic rings. The van der Waals surface area contributed by atoms with Crippen LogP contribution in [0.3, 0.4) is 0 Å². The monoisotopic (exact) mass is 537 g/mol. The number of anilines is 1. The summed E-state index contributed by atoms with van der Waals surface area (Å²) in [5, 5.41) is 6.80. The van der Waals surface area contributed by atoms with Crippen molar-refractivity contribution in [2.45, 2.75) is 12.5 Å². The van der Waals surface area contributed by atoms with Crippen molar-refractivity contribution >= 4 is 54.9 Å². The molecule has 0 aliphatic carbocycles. The van der Waals surface area contributed by atoms with Crippen molar-refractivity contribution in [3.63, 3.8) is 0 Å². The number of hydrogen-bond acceptors (Lipinski definition) is 4. The van der Waals surface area contributed by atoms with Gasteiger partial charge >= 0.3 is 5.91 Å². The molecule has 0 saturated heterocycles. The van der Waals surface area contributed by atoms with Crippen molar-refractivity contribution in [3.05, 3.63) is 98.4 Å². The molecule has 0 bridgehead atoms. The van der Waals surface area contributed by atoms with Gasteiger partial charge in [0.2, 0.25) is 0 Å². The van der Waals surface area contributed by atoms with Gasteiger partial charge in [0.05, 0.1) is 23.0 Å². The minimum atomic E-state index is -0.522. The second kappa shape index (κ2) is 8.05. The second-order valence-corrected chi connectivity index (χ2v) is 9.32. The number of nitrogens with zero attached hydrogens (tertiary/aromatic N) is 3. The molecule has 1 atom stereocenters. The van der Waals surface area contributed by atoms with Crippen molar-refractivity contribution in [2.75, 3.05) is 11.6 Å². The number of halogens is 2. The summed E-state index contributed by atoms with van der Waals surface area (Å²) in [5.41, 5.74) is 4.14. The Balaban J connectivity index is 1.53. The van der Waals surface area contributed by atoms with E-state index in [2.05, 4.69) is 44.0 Å². The zero-order valence-corrected chi connectivity index (χ0v) is 19.5. The van der Waals surface area contributed by atoms with Gasteiger partial charge in [-0.25, -0.2) is 0 Å². The molecule has 5 nitrogen and oxygen atoms in total. The first-order chi connectivity index (χ1) is 15.0. The topological polar surface area (TPSA) is 53.0 Å². The fourth-order valence-electron chi connectivity index (χ4n) is 4.05. The molecule has 0 saturated carbocycles. The van der Waals surface area contributed by atoms with Crippen LogP contribution in [0.25, 0.3) is 0 Å². The number of amides is 1. The molecule has 31 heavy (non-hydrogen) atoms. The normalized spacial score (nSPS) is 17.9. The molecule has 0 N–H and O–H groups in total. The predicted molar refractivity (Wildman–Crippen MR) is 127 cm³/mol. The fraction of sp³-hybridized carbons (Fsp3) is 0.125. The van der Waals surface area contributed by atoms with Crippen molar-refractivity contribution in [2.24, 2.45) is 5.10 Å². The number of benzene rings is 3. The molecule has 0 fully saturated rings. The first kappa shape index (κ1) is 20.2. The molecule has 2 aliphatic rings. The van der Waals surface area contributed by atoms with Crippen molar-refractivity contribution < 1.29 is 9.59 Å². The van der Waals surface area contributed by atoms with Crippen LogP contribution in [0.15, 0.2) is 86.8 Å². The highest BCUT2D eigenvalue weighted by molar-refractivity contribution is 9.10. The average Bonchev–Trinajstić information content (AvgIpc) is 3.30. The fourth-order valence-corrected chi connectivity index (χ4v) is 4.79. The molecule has 1 amide bonds. The quantitative estimate of drug-likeness (QED) is 0.409. The van der Waals surface area contributed by atoms with E-state index in [9.17, 15) is 9.59 Å². The van der Waals surface area contributed by atoms with Crippen LogP contribution in [0.5, 0.6) is 0 Å². The second-order valence-electron chi connectivity index (χ2n) is 7.49. The summed E-state index contributed by atoms with van der Waals surface area (Å²) in [7, 11) is 0. The van der Waals surface area contributed by atoms with Gasteiger partial charge in [-0.2, -0.15) is 5.10 Å². The van der Waals surface area contributed by atoms with Gasteiger partial charge in [0.25, 0.3) is 5.78 Å². The molecular formula is C24H17Br2N3O2. The largest absolute Gasteiger partial charge is 0.301 e. The number of hydrazone groups is 1. The maximum Gasteiger partial charge on any atom is 0.301 e. The van der Waals surface area contributed by atoms with Crippen LogP contribution < -0.4 is 4.90 Å². The van der Waals surface area contributed by atoms with E-state index in [-0.39, 0.29) is 12.7 Å². The van der Waals surface area contributed by atoms with E-state index in [1.165, 1.54) is 4.90 Å². The van der Waals surface area contributed by atoms with E-state index in [4.69, 9.17) is 5.10 Å². The number of carbonyl (C=O) groups is 2.